The fraction of sp³-hybridized carbons (Fsp3) is 0.167. The molecule has 1 aromatic heterocycles. The fourth-order valence-electron chi connectivity index (χ4n) is 1.44. The molecule has 0 bridgehead atoms. The Bertz CT molecular complexity index is 665. The molecule has 0 aliphatic rings. The molecule has 0 saturated heterocycles. The van der Waals surface area contributed by atoms with E-state index in [4.69, 9.17) is 15.2 Å². The number of anilines is 1. The Kier molecular flexibility index (Phi) is 4.21. The molecule has 0 radical (unpaired) electrons. The molecule has 2 aromatic rings. The highest BCUT2D eigenvalue weighted by molar-refractivity contribution is 9.10. The van der Waals surface area contributed by atoms with Gasteiger partial charge in [-0.25, -0.2) is 4.98 Å². The molecule has 0 saturated carbocycles. The number of nitrogens with zero attached hydrogens (tertiary/aromatic N) is 2. The van der Waals surface area contributed by atoms with Crippen molar-refractivity contribution in [2.24, 2.45) is 0 Å². The number of methoxy groups -OCH3 is 1. The number of nitrogens with two attached hydrogens (primary N) is 1. The van der Waals surface area contributed by atoms with Gasteiger partial charge in [-0.3, -0.25) is 0 Å². The van der Waals surface area contributed by atoms with Gasteiger partial charge in [0.15, 0.2) is 5.75 Å². The number of alkyl halides is 3. The summed E-state index contributed by atoms with van der Waals surface area (Å²) in [7, 11) is 1.41. The third kappa shape index (κ3) is 3.54. The monoisotopic (exact) mass is 363 g/mol. The van der Waals surface area contributed by atoms with Crippen LogP contribution in [0.4, 0.5) is 18.9 Å². The molecule has 0 amide bonds. The molecular weight excluding hydrogens is 355 g/mol. The minimum absolute atomic E-state index is 0.0207. The summed E-state index contributed by atoms with van der Waals surface area (Å²) in [5.74, 6) is 0.248. The Morgan fingerprint density at radius 3 is 2.57 bits per heavy atom. The zero-order valence-corrected chi connectivity index (χ0v) is 12.2. The van der Waals surface area contributed by atoms with Crippen molar-refractivity contribution in [1.29, 1.82) is 0 Å². The van der Waals surface area contributed by atoms with E-state index in [-0.39, 0.29) is 23.3 Å². The van der Waals surface area contributed by atoms with Crippen LogP contribution in [0.15, 0.2) is 28.9 Å². The second-order valence-electron chi connectivity index (χ2n) is 3.86. The molecule has 2 rings (SSSR count). The predicted molar refractivity (Wildman–Crippen MR) is 72.2 cm³/mol. The summed E-state index contributed by atoms with van der Waals surface area (Å²) in [5, 5.41) is 0. The summed E-state index contributed by atoms with van der Waals surface area (Å²) in [5.41, 5.74) is 4.51. The maximum atomic E-state index is 12.5. The van der Waals surface area contributed by atoms with Crippen LogP contribution in [-0.2, 0) is 6.18 Å². The molecule has 9 heteroatoms. The smallest absolute Gasteiger partial charge is 0.416 e. The van der Waals surface area contributed by atoms with E-state index < -0.39 is 11.7 Å². The van der Waals surface area contributed by atoms with Gasteiger partial charge >= 0.3 is 12.2 Å². The summed E-state index contributed by atoms with van der Waals surface area (Å²) in [6, 6.07) is 2.66. The number of nitrogen functional groups attached to an aromatic ring is 1. The van der Waals surface area contributed by atoms with Crippen LogP contribution >= 0.6 is 15.9 Å². The molecule has 0 spiro atoms. The summed E-state index contributed by atoms with van der Waals surface area (Å²) in [6.45, 7) is 0. The fourth-order valence-corrected chi connectivity index (χ4v) is 1.80. The Balaban J connectivity index is 2.28. The number of hydrogen-bond acceptors (Lipinski definition) is 5. The van der Waals surface area contributed by atoms with Crippen molar-refractivity contribution in [3.05, 3.63) is 34.4 Å². The lowest BCUT2D eigenvalue weighted by atomic mass is 10.2. The van der Waals surface area contributed by atoms with Gasteiger partial charge in [0, 0.05) is 0 Å². The summed E-state index contributed by atoms with van der Waals surface area (Å²) in [6.07, 6.45) is -3.08. The Morgan fingerprint density at radius 2 is 2.00 bits per heavy atom. The second kappa shape index (κ2) is 5.76. The standard InChI is InChI=1S/C12H9BrF3N3O2/c1-20-10-7(13)5-18-11(19-10)21-9-3-2-6(4-8(9)17)12(14,15)16/h2-5H,17H2,1H3. The van der Waals surface area contributed by atoms with E-state index in [1.807, 2.05) is 0 Å². The van der Waals surface area contributed by atoms with Crippen molar-refractivity contribution in [1.82, 2.24) is 9.97 Å². The van der Waals surface area contributed by atoms with Gasteiger partial charge in [-0.1, -0.05) is 0 Å². The number of aromatic nitrogens is 2. The second-order valence-corrected chi connectivity index (χ2v) is 4.72. The molecule has 112 valence electrons. The highest BCUT2D eigenvalue weighted by Gasteiger charge is 2.31. The van der Waals surface area contributed by atoms with Crippen LogP contribution in [0.3, 0.4) is 0 Å². The average molecular weight is 364 g/mol. The Labute approximate surface area is 126 Å². The molecule has 0 fully saturated rings. The van der Waals surface area contributed by atoms with Crippen molar-refractivity contribution < 1.29 is 22.6 Å². The van der Waals surface area contributed by atoms with E-state index in [2.05, 4.69) is 25.9 Å². The van der Waals surface area contributed by atoms with Crippen LogP contribution < -0.4 is 15.2 Å². The molecule has 0 unspecified atom stereocenters. The van der Waals surface area contributed by atoms with Gasteiger partial charge in [0.1, 0.15) is 0 Å². The van der Waals surface area contributed by atoms with Crippen molar-refractivity contribution in [2.75, 3.05) is 12.8 Å². The van der Waals surface area contributed by atoms with Crippen LogP contribution in [0.2, 0.25) is 0 Å². The third-order valence-corrected chi connectivity index (χ3v) is 2.97. The zero-order chi connectivity index (χ0) is 15.6. The van der Waals surface area contributed by atoms with Gasteiger partial charge < -0.3 is 15.2 Å². The molecule has 0 aliphatic heterocycles. The first kappa shape index (κ1) is 15.4. The van der Waals surface area contributed by atoms with Crippen molar-refractivity contribution in [2.45, 2.75) is 6.18 Å². The minimum Gasteiger partial charge on any atom is -0.480 e. The van der Waals surface area contributed by atoms with Gasteiger partial charge in [0.25, 0.3) is 0 Å². The first-order chi connectivity index (χ1) is 9.81. The van der Waals surface area contributed by atoms with Gasteiger partial charge in [0.05, 0.1) is 29.0 Å². The first-order valence-electron chi connectivity index (χ1n) is 5.52. The largest absolute Gasteiger partial charge is 0.480 e. The van der Waals surface area contributed by atoms with E-state index in [1.54, 1.807) is 0 Å². The number of rotatable bonds is 3. The molecule has 1 aromatic carbocycles. The summed E-state index contributed by atoms with van der Waals surface area (Å²) >= 11 is 3.17. The van der Waals surface area contributed by atoms with E-state index in [0.29, 0.717) is 4.47 Å². The number of benzene rings is 1. The Hall–Kier alpha value is -2.03. The highest BCUT2D eigenvalue weighted by Crippen LogP contribution is 2.35. The van der Waals surface area contributed by atoms with Crippen LogP contribution in [0.5, 0.6) is 17.6 Å². The maximum Gasteiger partial charge on any atom is 0.416 e. The third-order valence-electron chi connectivity index (χ3n) is 2.42. The van der Waals surface area contributed by atoms with Crippen molar-refractivity contribution >= 4 is 21.6 Å². The van der Waals surface area contributed by atoms with E-state index in [0.717, 1.165) is 18.2 Å². The van der Waals surface area contributed by atoms with Crippen LogP contribution in [0, 0.1) is 0 Å². The van der Waals surface area contributed by atoms with Crippen LogP contribution in [0.25, 0.3) is 0 Å². The predicted octanol–water partition coefficient (Wildman–Crippen LogP) is 3.64. The quantitative estimate of drug-likeness (QED) is 0.843. The normalized spacial score (nSPS) is 11.3. The number of hydrogen-bond donors (Lipinski definition) is 1. The maximum absolute atomic E-state index is 12.5. The van der Waals surface area contributed by atoms with E-state index in [9.17, 15) is 13.2 Å². The lowest BCUT2D eigenvalue weighted by Crippen LogP contribution is -2.06. The molecule has 0 atom stereocenters. The van der Waals surface area contributed by atoms with E-state index >= 15 is 0 Å². The zero-order valence-electron chi connectivity index (χ0n) is 10.6. The molecule has 0 aliphatic carbocycles. The van der Waals surface area contributed by atoms with Gasteiger partial charge in [-0.15, -0.1) is 0 Å². The lowest BCUT2D eigenvalue weighted by molar-refractivity contribution is -0.137. The van der Waals surface area contributed by atoms with Gasteiger partial charge in [-0.05, 0) is 34.1 Å². The topological polar surface area (TPSA) is 70.3 Å². The summed E-state index contributed by atoms with van der Waals surface area (Å²) in [4.78, 5) is 7.77. The van der Waals surface area contributed by atoms with Crippen molar-refractivity contribution in [3.8, 4) is 17.6 Å². The molecular formula is C12H9BrF3N3O2. The molecule has 1 heterocycles. The van der Waals surface area contributed by atoms with Crippen LogP contribution in [-0.4, -0.2) is 17.1 Å². The van der Waals surface area contributed by atoms with E-state index in [1.165, 1.54) is 13.3 Å². The number of ether oxygens (including phenoxy) is 2. The highest BCUT2D eigenvalue weighted by atomic mass is 79.9. The Morgan fingerprint density at radius 1 is 1.29 bits per heavy atom. The molecule has 2 N–H and O–H groups in total. The minimum atomic E-state index is -4.47. The average Bonchev–Trinajstić information content (AvgIpc) is 2.42. The van der Waals surface area contributed by atoms with Gasteiger partial charge in [-0.2, -0.15) is 18.2 Å². The number of halogens is 4. The van der Waals surface area contributed by atoms with Gasteiger partial charge in [0.2, 0.25) is 5.88 Å². The lowest BCUT2D eigenvalue weighted by Gasteiger charge is -2.11. The first-order valence-corrected chi connectivity index (χ1v) is 6.31. The van der Waals surface area contributed by atoms with Crippen LogP contribution in [0.1, 0.15) is 5.56 Å². The molecule has 5 nitrogen and oxygen atoms in total. The summed E-state index contributed by atoms with van der Waals surface area (Å²) < 4.78 is 48.3. The molecule has 21 heavy (non-hydrogen) atoms. The van der Waals surface area contributed by atoms with Crippen molar-refractivity contribution in [3.63, 3.8) is 0 Å². The SMILES string of the molecule is COc1nc(Oc2ccc(C(F)(F)F)cc2N)ncc1Br.